The Labute approximate surface area is 238 Å². The lowest BCUT2D eigenvalue weighted by Gasteiger charge is -2.28. The summed E-state index contributed by atoms with van der Waals surface area (Å²) in [4.78, 5) is 25.5. The average molecular weight is 575 g/mol. The Kier molecular flexibility index (Phi) is 8.30. The topological polar surface area (TPSA) is 92.8 Å². The van der Waals surface area contributed by atoms with E-state index in [-0.39, 0.29) is 22.0 Å². The monoisotopic (exact) mass is 574 g/mol. The Hall–Kier alpha value is -3.98. The third kappa shape index (κ3) is 6.09. The van der Waals surface area contributed by atoms with Gasteiger partial charge in [-0.3, -0.25) is 4.79 Å². The Morgan fingerprint density at radius 2 is 1.45 bits per heavy atom. The molecule has 0 radical (unpaired) electrons. The molecule has 0 aliphatic carbocycles. The van der Waals surface area contributed by atoms with Gasteiger partial charge in [0.2, 0.25) is 10.0 Å². The lowest BCUT2D eigenvalue weighted by atomic mass is 9.99. The quantitative estimate of drug-likeness (QED) is 0.294. The lowest BCUT2D eigenvalue weighted by Crippen LogP contribution is -2.36. The van der Waals surface area contributed by atoms with Crippen molar-refractivity contribution in [1.29, 1.82) is 0 Å². The molecule has 0 saturated heterocycles. The van der Waals surface area contributed by atoms with Gasteiger partial charge in [-0.15, -0.1) is 0 Å². The minimum atomic E-state index is -3.99. The van der Waals surface area contributed by atoms with E-state index in [0.717, 1.165) is 22.3 Å². The molecule has 0 unspecified atom stereocenters. The van der Waals surface area contributed by atoms with Crippen molar-refractivity contribution in [2.75, 3.05) is 13.2 Å². The first kappa shape index (κ1) is 27.6. The summed E-state index contributed by atoms with van der Waals surface area (Å²) >= 11 is 6.28. The van der Waals surface area contributed by atoms with Gasteiger partial charge in [-0.05, 0) is 46.9 Å². The molecule has 0 fully saturated rings. The first-order valence-corrected chi connectivity index (χ1v) is 14.6. The van der Waals surface area contributed by atoms with E-state index in [1.807, 2.05) is 84.9 Å². The second-order valence-corrected chi connectivity index (χ2v) is 11.7. The molecular formula is C31H27ClN2O5S. The Balaban J connectivity index is 1.28. The van der Waals surface area contributed by atoms with E-state index in [0.29, 0.717) is 13.0 Å². The number of nitrogens with zero attached hydrogens (tertiary/aromatic N) is 1. The molecule has 204 valence electrons. The number of benzene rings is 4. The van der Waals surface area contributed by atoms with E-state index in [1.54, 1.807) is 0 Å². The maximum atomic E-state index is 13.5. The van der Waals surface area contributed by atoms with Crippen molar-refractivity contribution in [2.45, 2.75) is 23.9 Å². The van der Waals surface area contributed by atoms with Gasteiger partial charge in [0.1, 0.15) is 4.90 Å². The molecule has 0 aromatic heterocycles. The lowest BCUT2D eigenvalue weighted by molar-refractivity contribution is -0.124. The van der Waals surface area contributed by atoms with Gasteiger partial charge in [-0.1, -0.05) is 96.5 Å². The van der Waals surface area contributed by atoms with Gasteiger partial charge >= 0.3 is 5.97 Å². The summed E-state index contributed by atoms with van der Waals surface area (Å²) in [5, 5.41) is 2.91. The first-order valence-electron chi connectivity index (χ1n) is 12.8. The molecule has 1 heterocycles. The zero-order valence-corrected chi connectivity index (χ0v) is 23.1. The summed E-state index contributed by atoms with van der Waals surface area (Å²) in [7, 11) is -3.99. The Morgan fingerprint density at radius 1 is 0.850 bits per heavy atom. The fourth-order valence-electron chi connectivity index (χ4n) is 4.71. The number of esters is 1. The molecule has 1 amide bonds. The molecule has 0 saturated carbocycles. The largest absolute Gasteiger partial charge is 0.452 e. The molecule has 4 aromatic rings. The number of carbonyl (C=O) groups excluding carboxylic acids is 2. The number of carbonyl (C=O) groups is 2. The van der Waals surface area contributed by atoms with Crippen LogP contribution < -0.4 is 5.32 Å². The standard InChI is InChI=1S/C31H27ClN2O5S/c32-27-16-15-25(19-28(27)40(37,38)34-18-17-22-9-7-8-14-26(22)20-34)31(36)39-21-29(35)33-30(23-10-3-1-4-11-23)24-12-5-2-6-13-24/h1-16,19,30H,17-18,20-21H2,(H,33,35). The van der Waals surface area contributed by atoms with Crippen LogP contribution in [0.1, 0.15) is 38.7 Å². The van der Waals surface area contributed by atoms with Gasteiger partial charge in [-0.2, -0.15) is 4.31 Å². The van der Waals surface area contributed by atoms with Crippen molar-refractivity contribution in [1.82, 2.24) is 9.62 Å². The van der Waals surface area contributed by atoms with Crippen molar-refractivity contribution in [2.24, 2.45) is 0 Å². The molecule has 9 heteroatoms. The second-order valence-electron chi connectivity index (χ2n) is 9.40. The summed E-state index contributed by atoms with van der Waals surface area (Å²) in [6.45, 7) is -0.0230. The van der Waals surface area contributed by atoms with Gasteiger partial charge in [-0.25, -0.2) is 13.2 Å². The van der Waals surface area contributed by atoms with Crippen LogP contribution >= 0.6 is 11.6 Å². The van der Waals surface area contributed by atoms with E-state index < -0.39 is 34.5 Å². The number of fused-ring (bicyclic) bond motifs is 1. The van der Waals surface area contributed by atoms with E-state index in [1.165, 1.54) is 22.5 Å². The minimum Gasteiger partial charge on any atom is -0.452 e. The Bertz CT molecular complexity index is 1590. The van der Waals surface area contributed by atoms with Crippen molar-refractivity contribution in [3.8, 4) is 0 Å². The van der Waals surface area contributed by atoms with Crippen LogP contribution in [-0.4, -0.2) is 37.8 Å². The summed E-state index contributed by atoms with van der Waals surface area (Å²) in [5.41, 5.74) is 3.77. The van der Waals surface area contributed by atoms with Gasteiger partial charge in [0.05, 0.1) is 16.6 Å². The zero-order chi connectivity index (χ0) is 28.1. The number of sulfonamides is 1. The van der Waals surface area contributed by atoms with Gasteiger partial charge < -0.3 is 10.1 Å². The predicted molar refractivity (Wildman–Crippen MR) is 152 cm³/mol. The highest BCUT2D eigenvalue weighted by atomic mass is 35.5. The number of halogens is 1. The van der Waals surface area contributed by atoms with Crippen LogP contribution in [0.4, 0.5) is 0 Å². The fraction of sp³-hybridized carbons (Fsp3) is 0.161. The van der Waals surface area contributed by atoms with Crippen LogP contribution in [-0.2, 0) is 32.5 Å². The molecule has 7 nitrogen and oxygen atoms in total. The molecule has 1 N–H and O–H groups in total. The normalized spacial score (nSPS) is 13.4. The van der Waals surface area contributed by atoms with Crippen LogP contribution in [0.15, 0.2) is 108 Å². The van der Waals surface area contributed by atoms with E-state index in [4.69, 9.17) is 16.3 Å². The Morgan fingerprint density at radius 3 is 2.10 bits per heavy atom. The van der Waals surface area contributed by atoms with Gasteiger partial charge in [0.25, 0.3) is 5.91 Å². The van der Waals surface area contributed by atoms with E-state index in [9.17, 15) is 18.0 Å². The summed E-state index contributed by atoms with van der Waals surface area (Å²) < 4.78 is 33.6. The predicted octanol–water partition coefficient (Wildman–Crippen LogP) is 5.15. The third-order valence-electron chi connectivity index (χ3n) is 6.79. The van der Waals surface area contributed by atoms with Crippen LogP contribution in [0, 0.1) is 0 Å². The number of rotatable bonds is 8. The molecule has 0 bridgehead atoms. The molecule has 1 aliphatic rings. The molecule has 40 heavy (non-hydrogen) atoms. The fourth-order valence-corrected chi connectivity index (χ4v) is 6.63. The molecular weight excluding hydrogens is 548 g/mol. The van der Waals surface area contributed by atoms with Crippen molar-refractivity contribution < 1.29 is 22.7 Å². The van der Waals surface area contributed by atoms with Crippen LogP contribution in [0.5, 0.6) is 0 Å². The van der Waals surface area contributed by atoms with Crippen LogP contribution in [0.2, 0.25) is 5.02 Å². The summed E-state index contributed by atoms with van der Waals surface area (Å²) in [5.74, 6) is -1.33. The van der Waals surface area contributed by atoms with Crippen LogP contribution in [0.25, 0.3) is 0 Å². The van der Waals surface area contributed by atoms with Gasteiger partial charge in [0.15, 0.2) is 6.61 Å². The van der Waals surface area contributed by atoms with E-state index >= 15 is 0 Å². The van der Waals surface area contributed by atoms with Crippen molar-refractivity contribution in [3.63, 3.8) is 0 Å². The smallest absolute Gasteiger partial charge is 0.338 e. The maximum Gasteiger partial charge on any atom is 0.338 e. The van der Waals surface area contributed by atoms with Gasteiger partial charge in [0, 0.05) is 13.1 Å². The highest BCUT2D eigenvalue weighted by molar-refractivity contribution is 7.89. The molecule has 0 spiro atoms. The molecule has 1 aliphatic heterocycles. The number of hydrogen-bond donors (Lipinski definition) is 1. The number of hydrogen-bond acceptors (Lipinski definition) is 5. The minimum absolute atomic E-state index is 0.00159. The highest BCUT2D eigenvalue weighted by Crippen LogP contribution is 2.30. The molecule has 0 atom stereocenters. The first-order chi connectivity index (χ1) is 19.3. The average Bonchev–Trinajstić information content (AvgIpc) is 2.99. The van der Waals surface area contributed by atoms with E-state index in [2.05, 4.69) is 5.32 Å². The zero-order valence-electron chi connectivity index (χ0n) is 21.5. The summed E-state index contributed by atoms with van der Waals surface area (Å²) in [6.07, 6.45) is 0.580. The maximum absolute atomic E-state index is 13.5. The van der Waals surface area contributed by atoms with Crippen molar-refractivity contribution >= 4 is 33.5 Å². The summed E-state index contributed by atoms with van der Waals surface area (Å²) in [6, 6.07) is 30.1. The molecule has 4 aromatic carbocycles. The second kappa shape index (κ2) is 12.0. The molecule has 5 rings (SSSR count). The third-order valence-corrected chi connectivity index (χ3v) is 9.11. The SMILES string of the molecule is O=C(COC(=O)c1ccc(Cl)c(S(=O)(=O)N2CCc3ccccc3C2)c1)NC(c1ccccc1)c1ccccc1. The number of amides is 1. The van der Waals surface area contributed by atoms with Crippen molar-refractivity contribution in [3.05, 3.63) is 136 Å². The number of ether oxygens (including phenoxy) is 1. The van der Waals surface area contributed by atoms with Crippen LogP contribution in [0.3, 0.4) is 0 Å². The highest BCUT2D eigenvalue weighted by Gasteiger charge is 2.31. The number of nitrogens with one attached hydrogen (secondary N) is 1.